The molecule has 1 atom stereocenters. The van der Waals surface area contributed by atoms with Gasteiger partial charge in [-0.25, -0.2) is 8.42 Å². The molecule has 1 aromatic carbocycles. The molecule has 2 heterocycles. The van der Waals surface area contributed by atoms with Crippen LogP contribution >= 0.6 is 0 Å². The average Bonchev–Trinajstić information content (AvgIpc) is 2.95. The van der Waals surface area contributed by atoms with Crippen molar-refractivity contribution in [3.63, 3.8) is 0 Å². The first-order valence-electron chi connectivity index (χ1n) is 8.68. The SMILES string of the molecule is COCCC1CCOC12CCN(S(=O)(=O)c1cccc(C)c1)CC2. The molecule has 0 N–H and O–H groups in total. The van der Waals surface area contributed by atoms with Crippen molar-refractivity contribution in [3.8, 4) is 0 Å². The summed E-state index contributed by atoms with van der Waals surface area (Å²) in [5.41, 5.74) is 0.806. The summed E-state index contributed by atoms with van der Waals surface area (Å²) >= 11 is 0. The Morgan fingerprint density at radius 1 is 1.33 bits per heavy atom. The summed E-state index contributed by atoms with van der Waals surface area (Å²) in [6, 6.07) is 7.14. The summed E-state index contributed by atoms with van der Waals surface area (Å²) in [5.74, 6) is 0.473. The fourth-order valence-electron chi connectivity index (χ4n) is 4.04. The van der Waals surface area contributed by atoms with E-state index in [2.05, 4.69) is 0 Å². The Bertz CT molecular complexity index is 665. The van der Waals surface area contributed by atoms with E-state index in [1.54, 1.807) is 29.6 Å². The average molecular weight is 353 g/mol. The zero-order chi connectivity index (χ0) is 17.2. The van der Waals surface area contributed by atoms with Gasteiger partial charge in [0.15, 0.2) is 0 Å². The lowest BCUT2D eigenvalue weighted by atomic mass is 9.78. The van der Waals surface area contributed by atoms with Crippen LogP contribution in [0.5, 0.6) is 0 Å². The Hall–Kier alpha value is -0.950. The minimum absolute atomic E-state index is 0.156. The van der Waals surface area contributed by atoms with Gasteiger partial charge in [-0.15, -0.1) is 0 Å². The van der Waals surface area contributed by atoms with Gasteiger partial charge in [-0.1, -0.05) is 12.1 Å². The minimum Gasteiger partial charge on any atom is -0.385 e. The predicted molar refractivity (Wildman–Crippen MR) is 92.5 cm³/mol. The third-order valence-electron chi connectivity index (χ3n) is 5.47. The van der Waals surface area contributed by atoms with Crippen LogP contribution in [0.4, 0.5) is 0 Å². The highest BCUT2D eigenvalue weighted by atomic mass is 32.2. The predicted octanol–water partition coefficient (Wildman–Crippen LogP) is 2.59. The van der Waals surface area contributed by atoms with Crippen LogP contribution in [-0.4, -0.2) is 51.7 Å². The molecule has 0 saturated carbocycles. The fourth-order valence-corrected chi connectivity index (χ4v) is 5.58. The lowest BCUT2D eigenvalue weighted by Crippen LogP contribution is -2.49. The molecule has 1 spiro atoms. The Balaban J connectivity index is 1.70. The van der Waals surface area contributed by atoms with E-state index < -0.39 is 10.0 Å². The van der Waals surface area contributed by atoms with E-state index in [4.69, 9.17) is 9.47 Å². The van der Waals surface area contributed by atoms with E-state index in [0.29, 0.717) is 23.9 Å². The summed E-state index contributed by atoms with van der Waals surface area (Å²) < 4.78 is 38.7. The third kappa shape index (κ3) is 3.38. The summed E-state index contributed by atoms with van der Waals surface area (Å²) in [7, 11) is -1.69. The van der Waals surface area contributed by atoms with Crippen molar-refractivity contribution in [1.29, 1.82) is 0 Å². The largest absolute Gasteiger partial charge is 0.385 e. The molecule has 134 valence electrons. The van der Waals surface area contributed by atoms with E-state index in [9.17, 15) is 8.42 Å². The first kappa shape index (κ1) is 17.9. The molecule has 24 heavy (non-hydrogen) atoms. The fraction of sp³-hybridized carbons (Fsp3) is 0.667. The monoisotopic (exact) mass is 353 g/mol. The van der Waals surface area contributed by atoms with Crippen molar-refractivity contribution in [3.05, 3.63) is 29.8 Å². The summed E-state index contributed by atoms with van der Waals surface area (Å²) in [6.07, 6.45) is 3.58. The van der Waals surface area contributed by atoms with Crippen molar-refractivity contribution in [2.75, 3.05) is 33.4 Å². The van der Waals surface area contributed by atoms with Crippen LogP contribution in [0.25, 0.3) is 0 Å². The van der Waals surface area contributed by atoms with Gasteiger partial charge < -0.3 is 9.47 Å². The van der Waals surface area contributed by atoms with Crippen LogP contribution in [0, 0.1) is 12.8 Å². The molecular weight excluding hydrogens is 326 g/mol. The van der Waals surface area contributed by atoms with Gasteiger partial charge in [0.2, 0.25) is 10.0 Å². The molecule has 0 aliphatic carbocycles. The van der Waals surface area contributed by atoms with Crippen molar-refractivity contribution >= 4 is 10.0 Å². The lowest BCUT2D eigenvalue weighted by Gasteiger charge is -2.41. The van der Waals surface area contributed by atoms with Crippen LogP contribution in [0.2, 0.25) is 0 Å². The number of nitrogens with zero attached hydrogens (tertiary/aromatic N) is 1. The topological polar surface area (TPSA) is 55.8 Å². The van der Waals surface area contributed by atoms with Crippen molar-refractivity contribution in [2.24, 2.45) is 5.92 Å². The molecule has 0 radical (unpaired) electrons. The number of ether oxygens (including phenoxy) is 2. The van der Waals surface area contributed by atoms with Gasteiger partial charge in [0, 0.05) is 33.4 Å². The van der Waals surface area contributed by atoms with E-state index in [-0.39, 0.29) is 5.60 Å². The minimum atomic E-state index is -3.41. The lowest BCUT2D eigenvalue weighted by molar-refractivity contribution is -0.0603. The van der Waals surface area contributed by atoms with Gasteiger partial charge >= 0.3 is 0 Å². The molecule has 0 aromatic heterocycles. The number of rotatable bonds is 5. The zero-order valence-electron chi connectivity index (χ0n) is 14.5. The summed E-state index contributed by atoms with van der Waals surface area (Å²) in [5, 5.41) is 0. The standard InChI is InChI=1S/C18H27NO4S/c1-15-4-3-5-17(14-15)24(20,21)19-10-8-18(9-11-19)16(6-12-22-2)7-13-23-18/h3-5,14,16H,6-13H2,1-2H3. The molecule has 2 saturated heterocycles. The van der Waals surface area contributed by atoms with Crippen LogP contribution in [-0.2, 0) is 19.5 Å². The van der Waals surface area contributed by atoms with Crippen LogP contribution in [0.15, 0.2) is 29.2 Å². The second-order valence-electron chi connectivity index (χ2n) is 6.90. The quantitative estimate of drug-likeness (QED) is 0.816. The normalized spacial score (nSPS) is 24.5. The van der Waals surface area contributed by atoms with E-state index in [1.165, 1.54) is 0 Å². The molecular formula is C18H27NO4S. The van der Waals surface area contributed by atoms with Crippen LogP contribution in [0.1, 0.15) is 31.2 Å². The second kappa shape index (κ2) is 7.12. The van der Waals surface area contributed by atoms with Crippen molar-refractivity contribution in [2.45, 2.75) is 43.1 Å². The number of aryl methyl sites for hydroxylation is 1. The number of hydrogen-bond donors (Lipinski definition) is 0. The Labute approximate surface area is 145 Å². The molecule has 2 aliphatic heterocycles. The van der Waals surface area contributed by atoms with Gasteiger partial charge in [-0.2, -0.15) is 4.31 Å². The Morgan fingerprint density at radius 2 is 2.08 bits per heavy atom. The highest BCUT2D eigenvalue weighted by Crippen LogP contribution is 2.43. The molecule has 0 bridgehead atoms. The van der Waals surface area contributed by atoms with Gasteiger partial charge in [-0.3, -0.25) is 0 Å². The molecule has 3 rings (SSSR count). The highest BCUT2D eigenvalue weighted by molar-refractivity contribution is 7.89. The van der Waals surface area contributed by atoms with Gasteiger partial charge in [0.1, 0.15) is 0 Å². The molecule has 2 aliphatic rings. The third-order valence-corrected chi connectivity index (χ3v) is 7.36. The van der Waals surface area contributed by atoms with Crippen molar-refractivity contribution in [1.82, 2.24) is 4.31 Å². The van der Waals surface area contributed by atoms with Gasteiger partial charge in [0.25, 0.3) is 0 Å². The van der Waals surface area contributed by atoms with E-state index in [1.807, 2.05) is 13.0 Å². The molecule has 1 unspecified atom stereocenters. The number of benzene rings is 1. The van der Waals surface area contributed by atoms with Gasteiger partial charge in [0.05, 0.1) is 10.5 Å². The van der Waals surface area contributed by atoms with Crippen molar-refractivity contribution < 1.29 is 17.9 Å². The highest BCUT2D eigenvalue weighted by Gasteiger charge is 2.47. The number of sulfonamides is 1. The summed E-state index contributed by atoms with van der Waals surface area (Å²) in [4.78, 5) is 0.390. The van der Waals surface area contributed by atoms with Crippen LogP contribution < -0.4 is 0 Å². The maximum Gasteiger partial charge on any atom is 0.243 e. The smallest absolute Gasteiger partial charge is 0.243 e. The maximum absolute atomic E-state index is 12.9. The number of hydrogen-bond acceptors (Lipinski definition) is 4. The molecule has 1 aromatic rings. The molecule has 5 nitrogen and oxygen atoms in total. The van der Waals surface area contributed by atoms with E-state index in [0.717, 1.165) is 44.5 Å². The second-order valence-corrected chi connectivity index (χ2v) is 8.84. The molecule has 2 fully saturated rings. The first-order chi connectivity index (χ1) is 11.5. The van der Waals surface area contributed by atoms with E-state index >= 15 is 0 Å². The Morgan fingerprint density at radius 3 is 2.75 bits per heavy atom. The number of methoxy groups -OCH3 is 1. The number of piperidine rings is 1. The van der Waals surface area contributed by atoms with Gasteiger partial charge in [-0.05, 0) is 56.2 Å². The first-order valence-corrected chi connectivity index (χ1v) is 10.1. The zero-order valence-corrected chi connectivity index (χ0v) is 15.3. The summed E-state index contributed by atoms with van der Waals surface area (Å²) in [6.45, 7) is 4.48. The van der Waals surface area contributed by atoms with Crippen LogP contribution in [0.3, 0.4) is 0 Å². The Kier molecular flexibility index (Phi) is 5.30. The molecule has 0 amide bonds. The molecule has 6 heteroatoms. The maximum atomic E-state index is 12.9.